The summed E-state index contributed by atoms with van der Waals surface area (Å²) in [6, 6.07) is 7.07. The topological polar surface area (TPSA) is 12.0 Å². The summed E-state index contributed by atoms with van der Waals surface area (Å²) in [5.41, 5.74) is 4.59. The summed E-state index contributed by atoms with van der Waals surface area (Å²) in [6.45, 7) is 9.04. The molecule has 1 aliphatic rings. The molecule has 1 heteroatoms. The second kappa shape index (κ2) is 3.55. The van der Waals surface area contributed by atoms with Gasteiger partial charge in [-0.25, -0.2) is 0 Å². The number of hydrogen-bond acceptors (Lipinski definition) is 1. The molecule has 1 unspecified atom stereocenters. The minimum Gasteiger partial charge on any atom is -0.382 e. The molecule has 0 heterocycles. The molecule has 1 aromatic carbocycles. The Labute approximate surface area is 92.9 Å². The average Bonchev–Trinajstić information content (AvgIpc) is 2.93. The lowest BCUT2D eigenvalue weighted by Crippen LogP contribution is -2.25. The van der Waals surface area contributed by atoms with Crippen LogP contribution in [0.3, 0.4) is 0 Å². The minimum absolute atomic E-state index is 0.538. The fourth-order valence-electron chi connectivity index (χ4n) is 1.95. The third-order valence-corrected chi connectivity index (χ3v) is 4.06. The lowest BCUT2D eigenvalue weighted by Gasteiger charge is -2.23. The van der Waals surface area contributed by atoms with Crippen LogP contribution >= 0.6 is 0 Å². The second-order valence-corrected chi connectivity index (χ2v) is 5.27. The Hall–Kier alpha value is -0.980. The van der Waals surface area contributed by atoms with Crippen molar-refractivity contribution in [2.24, 2.45) is 5.41 Å². The van der Waals surface area contributed by atoms with Gasteiger partial charge in [-0.2, -0.15) is 0 Å². The zero-order valence-electron chi connectivity index (χ0n) is 10.2. The van der Waals surface area contributed by atoms with Gasteiger partial charge in [-0.3, -0.25) is 0 Å². The molecule has 1 fully saturated rings. The number of rotatable bonds is 3. The molecule has 82 valence electrons. The monoisotopic (exact) mass is 203 g/mol. The molecule has 0 bridgehead atoms. The van der Waals surface area contributed by atoms with Gasteiger partial charge in [0.2, 0.25) is 0 Å². The van der Waals surface area contributed by atoms with Crippen molar-refractivity contribution in [2.75, 3.05) is 5.32 Å². The summed E-state index contributed by atoms with van der Waals surface area (Å²) in [5, 5.41) is 3.65. The molecule has 0 aromatic heterocycles. The van der Waals surface area contributed by atoms with Crippen molar-refractivity contribution in [2.45, 2.75) is 46.6 Å². The van der Waals surface area contributed by atoms with Gasteiger partial charge in [-0.05, 0) is 56.2 Å². The van der Waals surface area contributed by atoms with Gasteiger partial charge in [0.25, 0.3) is 0 Å². The van der Waals surface area contributed by atoms with Crippen LogP contribution in [0.4, 0.5) is 5.69 Å². The molecule has 1 N–H and O–H groups in total. The molecule has 1 saturated carbocycles. The SMILES string of the molecule is Cc1cccc(NC(C)C2(C)CC2)c1C. The van der Waals surface area contributed by atoms with Gasteiger partial charge in [0.1, 0.15) is 0 Å². The molecule has 1 aliphatic carbocycles. The van der Waals surface area contributed by atoms with Crippen LogP contribution in [0.5, 0.6) is 0 Å². The summed E-state index contributed by atoms with van der Waals surface area (Å²) >= 11 is 0. The van der Waals surface area contributed by atoms with Gasteiger partial charge in [0, 0.05) is 11.7 Å². The molecule has 0 aliphatic heterocycles. The Balaban J connectivity index is 2.14. The second-order valence-electron chi connectivity index (χ2n) is 5.27. The Bertz CT molecular complexity index is 364. The van der Waals surface area contributed by atoms with E-state index in [-0.39, 0.29) is 0 Å². The van der Waals surface area contributed by atoms with Crippen molar-refractivity contribution in [3.05, 3.63) is 29.3 Å². The maximum Gasteiger partial charge on any atom is 0.0374 e. The lowest BCUT2D eigenvalue weighted by atomic mass is 9.99. The summed E-state index contributed by atoms with van der Waals surface area (Å²) in [5.74, 6) is 0. The van der Waals surface area contributed by atoms with Crippen molar-refractivity contribution in [1.82, 2.24) is 0 Å². The molecular formula is C14H21N. The molecule has 0 saturated heterocycles. The minimum atomic E-state index is 0.538. The largest absolute Gasteiger partial charge is 0.382 e. The average molecular weight is 203 g/mol. The Morgan fingerprint density at radius 3 is 2.53 bits per heavy atom. The van der Waals surface area contributed by atoms with Crippen LogP contribution in [0.1, 0.15) is 37.8 Å². The van der Waals surface area contributed by atoms with Crippen LogP contribution in [-0.4, -0.2) is 6.04 Å². The first-order valence-electron chi connectivity index (χ1n) is 5.86. The first kappa shape index (κ1) is 10.5. The fourth-order valence-corrected chi connectivity index (χ4v) is 1.95. The summed E-state index contributed by atoms with van der Waals surface area (Å²) < 4.78 is 0. The van der Waals surface area contributed by atoms with E-state index in [9.17, 15) is 0 Å². The first-order valence-corrected chi connectivity index (χ1v) is 5.86. The van der Waals surface area contributed by atoms with Crippen molar-refractivity contribution in [3.63, 3.8) is 0 Å². The van der Waals surface area contributed by atoms with Crippen molar-refractivity contribution in [1.29, 1.82) is 0 Å². The van der Waals surface area contributed by atoms with Crippen LogP contribution in [0.25, 0.3) is 0 Å². The van der Waals surface area contributed by atoms with Crippen LogP contribution in [0, 0.1) is 19.3 Å². The zero-order valence-corrected chi connectivity index (χ0v) is 10.2. The standard InChI is InChI=1S/C14H21N/c1-10-6-5-7-13(11(10)2)15-12(3)14(4)8-9-14/h5-7,12,15H,8-9H2,1-4H3. The summed E-state index contributed by atoms with van der Waals surface area (Å²) in [7, 11) is 0. The Kier molecular flexibility index (Phi) is 2.49. The van der Waals surface area contributed by atoms with E-state index in [1.807, 2.05) is 0 Å². The summed E-state index contributed by atoms with van der Waals surface area (Å²) in [4.78, 5) is 0. The predicted molar refractivity (Wildman–Crippen MR) is 66.3 cm³/mol. The fraction of sp³-hybridized carbons (Fsp3) is 0.571. The molecule has 1 nitrogen and oxygen atoms in total. The van der Waals surface area contributed by atoms with Gasteiger partial charge in [0.05, 0.1) is 0 Å². The highest BCUT2D eigenvalue weighted by Gasteiger charge is 2.42. The number of anilines is 1. The van der Waals surface area contributed by atoms with Crippen molar-refractivity contribution < 1.29 is 0 Å². The Morgan fingerprint density at radius 2 is 1.93 bits per heavy atom. The van der Waals surface area contributed by atoms with Gasteiger partial charge in [-0.1, -0.05) is 19.1 Å². The first-order chi connectivity index (χ1) is 7.03. The third-order valence-electron chi connectivity index (χ3n) is 4.06. The quantitative estimate of drug-likeness (QED) is 0.785. The maximum absolute atomic E-state index is 3.65. The van der Waals surface area contributed by atoms with Gasteiger partial charge in [0.15, 0.2) is 0 Å². The van der Waals surface area contributed by atoms with Crippen molar-refractivity contribution in [3.8, 4) is 0 Å². The number of aryl methyl sites for hydroxylation is 1. The van der Waals surface area contributed by atoms with Crippen molar-refractivity contribution >= 4 is 5.69 Å². The predicted octanol–water partition coefficient (Wildman–Crippen LogP) is 3.90. The van der Waals surface area contributed by atoms with E-state index in [1.54, 1.807) is 0 Å². The molecule has 1 atom stereocenters. The zero-order chi connectivity index (χ0) is 11.1. The van der Waals surface area contributed by atoms with E-state index in [1.165, 1.54) is 29.7 Å². The third kappa shape index (κ3) is 2.01. The van der Waals surface area contributed by atoms with E-state index in [0.717, 1.165) is 0 Å². The number of benzene rings is 1. The van der Waals surface area contributed by atoms with E-state index in [0.29, 0.717) is 11.5 Å². The molecule has 15 heavy (non-hydrogen) atoms. The van der Waals surface area contributed by atoms with E-state index < -0.39 is 0 Å². The molecule has 0 amide bonds. The highest BCUT2D eigenvalue weighted by Crippen LogP contribution is 2.48. The van der Waals surface area contributed by atoms with Gasteiger partial charge in [-0.15, -0.1) is 0 Å². The molecule has 0 radical (unpaired) electrons. The molecule has 2 rings (SSSR count). The highest BCUT2D eigenvalue weighted by molar-refractivity contribution is 5.54. The van der Waals surface area contributed by atoms with E-state index >= 15 is 0 Å². The van der Waals surface area contributed by atoms with Gasteiger partial charge >= 0.3 is 0 Å². The summed E-state index contributed by atoms with van der Waals surface area (Å²) in [6.07, 6.45) is 2.73. The highest BCUT2D eigenvalue weighted by atomic mass is 14.9. The van der Waals surface area contributed by atoms with Crippen LogP contribution in [0.15, 0.2) is 18.2 Å². The van der Waals surface area contributed by atoms with Crippen LogP contribution < -0.4 is 5.32 Å². The Morgan fingerprint density at radius 1 is 1.27 bits per heavy atom. The van der Waals surface area contributed by atoms with Crippen LogP contribution in [0.2, 0.25) is 0 Å². The molecular weight excluding hydrogens is 182 g/mol. The maximum atomic E-state index is 3.65. The van der Waals surface area contributed by atoms with E-state index in [4.69, 9.17) is 0 Å². The molecule has 1 aromatic rings. The number of hydrogen-bond donors (Lipinski definition) is 1. The lowest BCUT2D eigenvalue weighted by molar-refractivity contribution is 0.493. The number of nitrogens with one attached hydrogen (secondary N) is 1. The normalized spacial score (nSPS) is 19.7. The van der Waals surface area contributed by atoms with Gasteiger partial charge < -0.3 is 5.32 Å². The van der Waals surface area contributed by atoms with Crippen LogP contribution in [-0.2, 0) is 0 Å². The smallest absolute Gasteiger partial charge is 0.0374 e. The van der Waals surface area contributed by atoms with E-state index in [2.05, 4.69) is 51.2 Å². The molecule has 0 spiro atoms.